The summed E-state index contributed by atoms with van der Waals surface area (Å²) in [6.07, 6.45) is 1.19. The Kier molecular flexibility index (Phi) is 7.43. The Labute approximate surface area is 186 Å². The number of rotatable bonds is 7. The molecule has 0 radical (unpaired) electrons. The highest BCUT2D eigenvalue weighted by Gasteiger charge is 2.22. The first kappa shape index (κ1) is 21.7. The number of carbonyl (C=O) groups is 1. The third-order valence-electron chi connectivity index (χ3n) is 6.44. The van der Waals surface area contributed by atoms with E-state index in [0.717, 1.165) is 76.8 Å². The molecule has 6 heteroatoms. The fraction of sp³-hybridized carbons (Fsp3) is 0.480. The number of piperazine rings is 2. The van der Waals surface area contributed by atoms with Crippen LogP contribution >= 0.6 is 0 Å². The van der Waals surface area contributed by atoms with Gasteiger partial charge in [0.2, 0.25) is 0 Å². The van der Waals surface area contributed by atoms with Gasteiger partial charge in [0.1, 0.15) is 5.75 Å². The summed E-state index contributed by atoms with van der Waals surface area (Å²) >= 11 is 0. The number of hydrogen-bond donors (Lipinski definition) is 0. The zero-order valence-electron chi connectivity index (χ0n) is 18.6. The van der Waals surface area contributed by atoms with E-state index in [2.05, 4.69) is 26.8 Å². The predicted molar refractivity (Wildman–Crippen MR) is 125 cm³/mol. The van der Waals surface area contributed by atoms with Gasteiger partial charge in [0.05, 0.1) is 7.11 Å². The summed E-state index contributed by atoms with van der Waals surface area (Å²) in [5.74, 6) is 1.07. The van der Waals surface area contributed by atoms with E-state index in [1.54, 1.807) is 7.11 Å². The first-order valence-electron chi connectivity index (χ1n) is 11.4. The fourth-order valence-electron chi connectivity index (χ4n) is 4.48. The van der Waals surface area contributed by atoms with E-state index < -0.39 is 0 Å². The summed E-state index contributed by atoms with van der Waals surface area (Å²) in [6.45, 7) is 10.3. The molecule has 1 amide bonds. The molecular weight excluding hydrogens is 388 g/mol. The number of methoxy groups -OCH3 is 1. The average Bonchev–Trinajstić information content (AvgIpc) is 2.85. The van der Waals surface area contributed by atoms with Crippen molar-refractivity contribution < 1.29 is 9.53 Å². The number of carbonyl (C=O) groups excluding carboxylic acids is 1. The maximum Gasteiger partial charge on any atom is 0.253 e. The molecule has 0 bridgehead atoms. The van der Waals surface area contributed by atoms with Gasteiger partial charge in [-0.15, -0.1) is 0 Å². The normalized spacial score (nSPS) is 18.2. The lowest BCUT2D eigenvalue weighted by atomic mass is 10.2. The second kappa shape index (κ2) is 10.6. The van der Waals surface area contributed by atoms with Crippen LogP contribution in [-0.2, 0) is 0 Å². The summed E-state index contributed by atoms with van der Waals surface area (Å²) in [6, 6.07) is 18.0. The first-order valence-corrected chi connectivity index (χ1v) is 11.4. The molecule has 4 rings (SSSR count). The smallest absolute Gasteiger partial charge is 0.253 e. The SMILES string of the molecule is COc1ccc(N2CCN(CCCN3CCN(C(=O)c4ccccc4)CC3)CC2)cc1. The molecular formula is C25H34N4O2. The van der Waals surface area contributed by atoms with Crippen molar-refractivity contribution in [3.05, 3.63) is 60.2 Å². The molecule has 0 aromatic heterocycles. The molecule has 2 saturated heterocycles. The van der Waals surface area contributed by atoms with Crippen molar-refractivity contribution in [3.8, 4) is 5.75 Å². The quantitative estimate of drug-likeness (QED) is 0.686. The van der Waals surface area contributed by atoms with Crippen LogP contribution in [0.15, 0.2) is 54.6 Å². The standard InChI is InChI=1S/C25H34N4O2/c1-31-24-10-8-23(9-11-24)28-18-14-26(15-19-28)12-5-13-27-16-20-29(21-17-27)25(30)22-6-3-2-4-7-22/h2-4,6-11H,5,12-21H2,1H3. The molecule has 0 unspecified atom stereocenters. The number of amides is 1. The zero-order chi connectivity index (χ0) is 21.5. The van der Waals surface area contributed by atoms with Crippen LogP contribution in [0.5, 0.6) is 5.75 Å². The van der Waals surface area contributed by atoms with Crippen molar-refractivity contribution in [1.29, 1.82) is 0 Å². The molecule has 0 atom stereocenters. The maximum atomic E-state index is 12.6. The molecule has 0 saturated carbocycles. The maximum absolute atomic E-state index is 12.6. The third kappa shape index (κ3) is 5.77. The number of ether oxygens (including phenoxy) is 1. The summed E-state index contributed by atoms with van der Waals surface area (Å²) < 4.78 is 5.26. The zero-order valence-corrected chi connectivity index (χ0v) is 18.6. The van der Waals surface area contributed by atoms with Crippen molar-refractivity contribution >= 4 is 11.6 Å². The largest absolute Gasteiger partial charge is 0.497 e. The molecule has 2 heterocycles. The minimum Gasteiger partial charge on any atom is -0.497 e. The fourth-order valence-corrected chi connectivity index (χ4v) is 4.48. The van der Waals surface area contributed by atoms with Crippen molar-refractivity contribution in [2.45, 2.75) is 6.42 Å². The van der Waals surface area contributed by atoms with Gasteiger partial charge in [0.25, 0.3) is 5.91 Å². The predicted octanol–water partition coefficient (Wildman–Crippen LogP) is 2.67. The van der Waals surface area contributed by atoms with E-state index in [1.165, 1.54) is 12.1 Å². The first-order chi connectivity index (χ1) is 15.2. The topological polar surface area (TPSA) is 39.3 Å². The Morgan fingerprint density at radius 3 is 1.94 bits per heavy atom. The molecule has 2 aromatic carbocycles. The average molecular weight is 423 g/mol. The van der Waals surface area contributed by atoms with Crippen LogP contribution in [0.3, 0.4) is 0 Å². The molecule has 0 aliphatic carbocycles. The summed E-state index contributed by atoms with van der Waals surface area (Å²) in [5.41, 5.74) is 2.08. The van der Waals surface area contributed by atoms with Crippen molar-refractivity contribution in [2.75, 3.05) is 77.5 Å². The van der Waals surface area contributed by atoms with Gasteiger partial charge < -0.3 is 14.5 Å². The highest BCUT2D eigenvalue weighted by molar-refractivity contribution is 5.94. The highest BCUT2D eigenvalue weighted by Crippen LogP contribution is 2.20. The van der Waals surface area contributed by atoms with E-state index in [0.29, 0.717) is 0 Å². The van der Waals surface area contributed by atoms with E-state index in [4.69, 9.17) is 4.74 Å². The third-order valence-corrected chi connectivity index (χ3v) is 6.44. The Morgan fingerprint density at radius 1 is 0.774 bits per heavy atom. The number of benzene rings is 2. The minimum absolute atomic E-state index is 0.162. The minimum atomic E-state index is 0.162. The van der Waals surface area contributed by atoms with Gasteiger partial charge in [-0.25, -0.2) is 0 Å². The Hall–Kier alpha value is -2.57. The van der Waals surface area contributed by atoms with Gasteiger partial charge in [0, 0.05) is 63.6 Å². The van der Waals surface area contributed by atoms with Gasteiger partial charge in [0.15, 0.2) is 0 Å². The van der Waals surface area contributed by atoms with Crippen molar-refractivity contribution in [1.82, 2.24) is 14.7 Å². The van der Waals surface area contributed by atoms with E-state index in [9.17, 15) is 4.79 Å². The Balaban J connectivity index is 1.12. The molecule has 2 aliphatic rings. The number of hydrogen-bond acceptors (Lipinski definition) is 5. The molecule has 31 heavy (non-hydrogen) atoms. The van der Waals surface area contributed by atoms with Crippen LogP contribution in [0.4, 0.5) is 5.69 Å². The lowest BCUT2D eigenvalue weighted by Gasteiger charge is -2.37. The van der Waals surface area contributed by atoms with Crippen LogP contribution in [0.1, 0.15) is 16.8 Å². The lowest BCUT2D eigenvalue weighted by molar-refractivity contribution is 0.0631. The van der Waals surface area contributed by atoms with Crippen LogP contribution < -0.4 is 9.64 Å². The van der Waals surface area contributed by atoms with Crippen molar-refractivity contribution in [2.24, 2.45) is 0 Å². The number of anilines is 1. The second-order valence-corrected chi connectivity index (χ2v) is 8.38. The van der Waals surface area contributed by atoms with Gasteiger partial charge in [-0.3, -0.25) is 14.6 Å². The second-order valence-electron chi connectivity index (χ2n) is 8.38. The van der Waals surface area contributed by atoms with Crippen LogP contribution in [0, 0.1) is 0 Å². The van der Waals surface area contributed by atoms with Gasteiger partial charge in [-0.2, -0.15) is 0 Å². The lowest BCUT2D eigenvalue weighted by Crippen LogP contribution is -2.50. The monoisotopic (exact) mass is 422 g/mol. The van der Waals surface area contributed by atoms with Gasteiger partial charge in [-0.1, -0.05) is 18.2 Å². The van der Waals surface area contributed by atoms with E-state index in [1.807, 2.05) is 47.4 Å². The number of nitrogens with zero attached hydrogens (tertiary/aromatic N) is 4. The molecule has 2 fully saturated rings. The van der Waals surface area contributed by atoms with Crippen LogP contribution in [-0.4, -0.2) is 93.2 Å². The Morgan fingerprint density at radius 2 is 1.35 bits per heavy atom. The van der Waals surface area contributed by atoms with Crippen molar-refractivity contribution in [3.63, 3.8) is 0 Å². The molecule has 2 aliphatic heterocycles. The van der Waals surface area contributed by atoms with Crippen LogP contribution in [0.2, 0.25) is 0 Å². The van der Waals surface area contributed by atoms with E-state index >= 15 is 0 Å². The van der Waals surface area contributed by atoms with Gasteiger partial charge in [-0.05, 0) is 55.9 Å². The molecule has 0 spiro atoms. The molecule has 166 valence electrons. The van der Waals surface area contributed by atoms with E-state index in [-0.39, 0.29) is 5.91 Å². The highest BCUT2D eigenvalue weighted by atomic mass is 16.5. The summed E-state index contributed by atoms with van der Waals surface area (Å²) in [7, 11) is 1.71. The summed E-state index contributed by atoms with van der Waals surface area (Å²) in [4.78, 5) is 22.1. The molecule has 6 nitrogen and oxygen atoms in total. The van der Waals surface area contributed by atoms with Crippen LogP contribution in [0.25, 0.3) is 0 Å². The molecule has 2 aromatic rings. The van der Waals surface area contributed by atoms with Gasteiger partial charge >= 0.3 is 0 Å². The summed E-state index contributed by atoms with van der Waals surface area (Å²) in [5, 5.41) is 0. The molecule has 0 N–H and O–H groups in total. The Bertz CT molecular complexity index is 811.